The van der Waals surface area contributed by atoms with Gasteiger partial charge in [-0.3, -0.25) is 10.6 Å². The normalized spacial score (nSPS) is 11.1. The number of carbonyl (C=O) groups is 2. The van der Waals surface area contributed by atoms with Crippen LogP contribution in [-0.2, 0) is 11.1 Å². The number of ether oxygens (including phenoxy) is 2. The smallest absolute Gasteiger partial charge is 0.410 e. The van der Waals surface area contributed by atoms with Crippen LogP contribution in [0.2, 0.25) is 0 Å². The molecule has 0 heterocycles. The predicted octanol–water partition coefficient (Wildman–Crippen LogP) is 6.01. The van der Waals surface area contributed by atoms with E-state index in [2.05, 4.69) is 10.6 Å². The van der Waals surface area contributed by atoms with E-state index in [4.69, 9.17) is 13.7 Å². The molecule has 176 valence electrons. The van der Waals surface area contributed by atoms with E-state index in [9.17, 15) is 13.8 Å². The van der Waals surface area contributed by atoms with Gasteiger partial charge in [0.15, 0.2) is 0 Å². The Labute approximate surface area is 204 Å². The Morgan fingerprint density at radius 2 is 0.943 bits per heavy atom. The average molecular weight is 489 g/mol. The van der Waals surface area contributed by atoms with E-state index in [1.165, 1.54) is 48.5 Å². The van der Waals surface area contributed by atoms with Crippen LogP contribution >= 0.6 is 0 Å². The van der Waals surface area contributed by atoms with Crippen molar-refractivity contribution in [3.63, 3.8) is 0 Å². The van der Waals surface area contributed by atoms with E-state index in [0.29, 0.717) is 27.8 Å². The molecular weight excluding hydrogens is 468 g/mol. The van der Waals surface area contributed by atoms with Crippen LogP contribution < -0.4 is 24.3 Å². The van der Waals surface area contributed by atoms with Gasteiger partial charge in [-0.25, -0.2) is 13.8 Å². The van der Waals surface area contributed by atoms with E-state index in [1.54, 1.807) is 48.5 Å². The van der Waals surface area contributed by atoms with E-state index < -0.39 is 23.3 Å². The van der Waals surface area contributed by atoms with Crippen LogP contribution in [-0.4, -0.2) is 16.4 Å². The van der Waals surface area contributed by atoms with Crippen LogP contribution in [0.5, 0.6) is 17.2 Å². The Morgan fingerprint density at radius 1 is 0.543 bits per heavy atom. The van der Waals surface area contributed by atoms with Crippen LogP contribution in [0.1, 0.15) is 0 Å². The maximum Gasteiger partial charge on any atom is 0.417 e. The van der Waals surface area contributed by atoms with Gasteiger partial charge in [0.05, 0.1) is 4.90 Å². The number of hydrogen-bond donors (Lipinski definition) is 2. The first-order chi connectivity index (χ1) is 17.0. The fraction of sp³-hybridized carbons (Fsp3) is 0. The fourth-order valence-electron chi connectivity index (χ4n) is 2.86. The van der Waals surface area contributed by atoms with Gasteiger partial charge >= 0.3 is 12.2 Å². The molecule has 0 aliphatic rings. The first kappa shape index (κ1) is 23.5. The number of rotatable bonds is 7. The topological polar surface area (TPSA) is 103 Å². The van der Waals surface area contributed by atoms with Crippen LogP contribution in [0, 0.1) is 0 Å². The molecule has 0 aliphatic carbocycles. The highest BCUT2D eigenvalue weighted by atomic mass is 32.2. The van der Waals surface area contributed by atoms with E-state index in [1.807, 2.05) is 12.1 Å². The third-order valence-electron chi connectivity index (χ3n) is 4.47. The standard InChI is InChI=1S/C26H20N2O6S/c29-25(27-19-7-3-1-4-8-19)32-21-11-13-23(14-12-21)34-35(31)24-17-15-22(16-18-24)33-26(30)28-20-9-5-2-6-10-20/h1-18H,(H,27,29)(H,28,30). The van der Waals surface area contributed by atoms with Crippen molar-refractivity contribution < 1.29 is 27.5 Å². The minimum absolute atomic E-state index is 0.287. The molecule has 9 heteroatoms. The van der Waals surface area contributed by atoms with E-state index >= 15 is 0 Å². The lowest BCUT2D eigenvalue weighted by Gasteiger charge is -2.09. The van der Waals surface area contributed by atoms with Crippen molar-refractivity contribution in [3.8, 4) is 17.2 Å². The van der Waals surface area contributed by atoms with Crippen LogP contribution in [0.4, 0.5) is 21.0 Å². The van der Waals surface area contributed by atoms with Crippen molar-refractivity contribution in [3.05, 3.63) is 109 Å². The molecule has 0 saturated carbocycles. The third kappa shape index (κ3) is 7.18. The Bertz CT molecular complexity index is 1300. The Morgan fingerprint density at radius 3 is 1.40 bits per heavy atom. The van der Waals surface area contributed by atoms with Crippen molar-refractivity contribution in [1.29, 1.82) is 0 Å². The second-order valence-corrected chi connectivity index (χ2v) is 8.13. The molecule has 2 N–H and O–H groups in total. The first-order valence-electron chi connectivity index (χ1n) is 10.4. The van der Waals surface area contributed by atoms with Gasteiger partial charge in [-0.15, -0.1) is 0 Å². The number of carbonyl (C=O) groups excluding carboxylic acids is 2. The molecule has 2 amide bonds. The lowest BCUT2D eigenvalue weighted by atomic mass is 10.3. The van der Waals surface area contributed by atoms with Crippen molar-refractivity contribution in [2.75, 3.05) is 10.6 Å². The summed E-state index contributed by atoms with van der Waals surface area (Å²) in [4.78, 5) is 24.3. The SMILES string of the molecule is O=C(Nc1ccccc1)Oc1ccc(OS(=O)c2ccc(OC(=O)Nc3ccccc3)cc2)cc1. The molecule has 4 aromatic rings. The van der Waals surface area contributed by atoms with Crippen LogP contribution in [0.15, 0.2) is 114 Å². The highest BCUT2D eigenvalue weighted by Gasteiger charge is 2.10. The number of amides is 2. The molecular formula is C26H20N2O6S. The Hall–Kier alpha value is -4.63. The molecule has 1 unspecified atom stereocenters. The van der Waals surface area contributed by atoms with Crippen molar-refractivity contribution in [1.82, 2.24) is 0 Å². The second-order valence-electron chi connectivity index (χ2n) is 7.02. The molecule has 0 bridgehead atoms. The molecule has 0 fully saturated rings. The van der Waals surface area contributed by atoms with Gasteiger partial charge in [-0.1, -0.05) is 36.4 Å². The molecule has 0 aliphatic heterocycles. The molecule has 0 aromatic heterocycles. The maximum atomic E-state index is 12.5. The zero-order chi connectivity index (χ0) is 24.5. The summed E-state index contributed by atoms with van der Waals surface area (Å²) in [6.45, 7) is 0. The zero-order valence-corrected chi connectivity index (χ0v) is 19.1. The maximum absolute atomic E-state index is 12.5. The molecule has 35 heavy (non-hydrogen) atoms. The van der Waals surface area contributed by atoms with E-state index in [-0.39, 0.29) is 5.75 Å². The van der Waals surface area contributed by atoms with Crippen LogP contribution in [0.3, 0.4) is 0 Å². The third-order valence-corrected chi connectivity index (χ3v) is 5.47. The van der Waals surface area contributed by atoms with Gasteiger partial charge in [0.1, 0.15) is 17.2 Å². The summed E-state index contributed by atoms with van der Waals surface area (Å²) in [6.07, 6.45) is -1.27. The largest absolute Gasteiger partial charge is 0.417 e. The number of para-hydroxylation sites is 2. The first-order valence-corrected chi connectivity index (χ1v) is 11.5. The van der Waals surface area contributed by atoms with Gasteiger partial charge in [0.2, 0.25) is 11.1 Å². The van der Waals surface area contributed by atoms with Crippen molar-refractivity contribution in [2.24, 2.45) is 0 Å². The van der Waals surface area contributed by atoms with Crippen molar-refractivity contribution >= 4 is 34.6 Å². The summed E-state index contributed by atoms with van der Waals surface area (Å²) in [7, 11) is 0. The van der Waals surface area contributed by atoms with Gasteiger partial charge in [-0.05, 0) is 72.8 Å². The van der Waals surface area contributed by atoms with Crippen molar-refractivity contribution in [2.45, 2.75) is 4.90 Å². The summed E-state index contributed by atoms with van der Waals surface area (Å²) in [6, 6.07) is 30.1. The quantitative estimate of drug-likeness (QED) is 0.330. The summed E-state index contributed by atoms with van der Waals surface area (Å²) < 4.78 is 28.4. The van der Waals surface area contributed by atoms with E-state index in [0.717, 1.165) is 0 Å². The summed E-state index contributed by atoms with van der Waals surface area (Å²) in [5, 5.41) is 5.22. The average Bonchev–Trinajstić information content (AvgIpc) is 2.87. The minimum atomic E-state index is -1.81. The van der Waals surface area contributed by atoms with Crippen LogP contribution in [0.25, 0.3) is 0 Å². The number of hydrogen-bond acceptors (Lipinski definition) is 6. The second kappa shape index (κ2) is 11.5. The summed E-state index contributed by atoms with van der Waals surface area (Å²) >= 11 is -1.81. The zero-order valence-electron chi connectivity index (χ0n) is 18.3. The molecule has 8 nitrogen and oxygen atoms in total. The molecule has 0 spiro atoms. The lowest BCUT2D eigenvalue weighted by Crippen LogP contribution is -2.16. The monoisotopic (exact) mass is 488 g/mol. The van der Waals surface area contributed by atoms with Gasteiger partial charge < -0.3 is 13.7 Å². The van der Waals surface area contributed by atoms with Gasteiger partial charge in [0, 0.05) is 11.4 Å². The molecule has 4 aromatic carbocycles. The molecule has 0 saturated heterocycles. The molecule has 0 radical (unpaired) electrons. The molecule has 1 atom stereocenters. The Kier molecular flexibility index (Phi) is 7.72. The Balaban J connectivity index is 1.27. The minimum Gasteiger partial charge on any atom is -0.410 e. The predicted molar refractivity (Wildman–Crippen MR) is 132 cm³/mol. The number of benzene rings is 4. The van der Waals surface area contributed by atoms with Gasteiger partial charge in [0.25, 0.3) is 0 Å². The summed E-state index contributed by atoms with van der Waals surface area (Å²) in [5.74, 6) is 0.906. The summed E-state index contributed by atoms with van der Waals surface area (Å²) in [5.41, 5.74) is 1.22. The lowest BCUT2D eigenvalue weighted by molar-refractivity contribution is 0.214. The number of nitrogens with one attached hydrogen (secondary N) is 2. The highest BCUT2D eigenvalue weighted by molar-refractivity contribution is 7.80. The molecule has 4 rings (SSSR count). The van der Waals surface area contributed by atoms with Gasteiger partial charge in [-0.2, -0.15) is 0 Å². The number of anilines is 2. The fourth-order valence-corrected chi connectivity index (χ4v) is 3.60. The highest BCUT2D eigenvalue weighted by Crippen LogP contribution is 2.22.